The molecule has 90 heavy (non-hydrogen) atoms. The zero-order valence-corrected chi connectivity index (χ0v) is 51.8. The number of aromatic amines is 1. The second-order valence-corrected chi connectivity index (χ2v) is 22.0. The Morgan fingerprint density at radius 3 is 1.82 bits per heavy atom. The molecule has 1 aromatic rings. The van der Waals surface area contributed by atoms with E-state index in [0.717, 1.165) is 0 Å². The first-order chi connectivity index (χ1) is 43.1. The van der Waals surface area contributed by atoms with Gasteiger partial charge in [-0.1, -0.05) is 12.5 Å². The summed E-state index contributed by atoms with van der Waals surface area (Å²) in [6.07, 6.45) is 6.56. The highest BCUT2D eigenvalue weighted by Gasteiger charge is 2.40. The fraction of sp³-hybridized carbons (Fsp3) is 0.714. The van der Waals surface area contributed by atoms with Crippen LogP contribution in [0.15, 0.2) is 29.2 Å². The van der Waals surface area contributed by atoms with Gasteiger partial charge in [0.05, 0.1) is 37.2 Å². The number of likely N-dealkylation sites (tertiary alicyclic amines) is 1. The Morgan fingerprint density at radius 2 is 1.22 bits per heavy atom. The third-order valence-corrected chi connectivity index (χ3v) is 14.8. The van der Waals surface area contributed by atoms with Crippen LogP contribution in [0.2, 0.25) is 0 Å². The van der Waals surface area contributed by atoms with Gasteiger partial charge in [0.1, 0.15) is 36.3 Å². The van der Waals surface area contributed by atoms with Crippen molar-refractivity contribution in [2.24, 2.45) is 62.3 Å². The maximum atomic E-state index is 14.5. The molecule has 34 heteroatoms. The number of H-pyrrole nitrogens is 1. The quantitative estimate of drug-likeness (QED) is 0.0125. The molecule has 1 aliphatic heterocycles. The standard InChI is InChI=1S/C56H104N22O12/c57-20-4-1-13-36(64)49(84)76-47(44(81)30-63)54(89)77-46(43(80)29-62)53(88)70-32-45(82)72-39(16-9-24-61)55(90)78-27-11-17-41(78)52(87)75-40(28-35-31-67-33-71-35)51(86)73-37(14-2-5-21-58)42(79)19-18-34(12-10-26-69-56(65)66)48(83)74-38(15-3-6-22-59)50(85)68-25-8-7-23-60/h12,31,33,36-41,43-44,46-47,80-81H,1-11,13-30,32,57-64H2,(H,67,71)(H,68,85)(H,70,88)(H,72,82)(H,73,86)(H,74,83)(H,75,87)(H,76,84)(H,77,89)(H4,65,66,69)/b34-12+/t36-,37+,38-,39+,40-,41-,43-,44-,46-,47-/m0/s1. The first kappa shape index (κ1) is 78.8. The summed E-state index contributed by atoms with van der Waals surface area (Å²) in [5, 5.41) is 42.0. The van der Waals surface area contributed by atoms with Crippen LogP contribution in [0.3, 0.4) is 0 Å². The predicted molar refractivity (Wildman–Crippen MR) is 336 cm³/mol. The molecule has 0 aromatic carbocycles. The number of rotatable bonds is 48. The minimum absolute atomic E-state index is 0.00902. The van der Waals surface area contributed by atoms with E-state index in [4.69, 9.17) is 57.3 Å². The van der Waals surface area contributed by atoms with E-state index in [1.165, 1.54) is 17.4 Å². The molecule has 9 amide bonds. The molecule has 0 aliphatic carbocycles. The predicted octanol–water partition coefficient (Wildman–Crippen LogP) is -8.15. The van der Waals surface area contributed by atoms with Crippen LogP contribution in [0.25, 0.3) is 0 Å². The van der Waals surface area contributed by atoms with Gasteiger partial charge in [0, 0.05) is 63.0 Å². The summed E-state index contributed by atoms with van der Waals surface area (Å²) in [5.41, 5.74) is 57.4. The van der Waals surface area contributed by atoms with E-state index in [1.54, 1.807) is 6.08 Å². The number of ketones is 1. The number of nitrogens with two attached hydrogens (primary N) is 10. The van der Waals surface area contributed by atoms with Crippen molar-refractivity contribution in [2.45, 2.75) is 183 Å². The van der Waals surface area contributed by atoms with Gasteiger partial charge in [-0.3, -0.25) is 52.9 Å². The molecule has 1 aliphatic rings. The number of Topliss-reactive ketones (excluding diaryl/α,β-unsaturated/α-hetero) is 1. The van der Waals surface area contributed by atoms with Gasteiger partial charge in [-0.05, 0) is 135 Å². The summed E-state index contributed by atoms with van der Waals surface area (Å²) in [4.78, 5) is 151. The molecule has 2 heterocycles. The largest absolute Gasteiger partial charge is 0.389 e. The Morgan fingerprint density at radius 1 is 0.633 bits per heavy atom. The lowest BCUT2D eigenvalue weighted by atomic mass is 9.97. The highest BCUT2D eigenvalue weighted by molar-refractivity contribution is 5.99. The number of hydrogen-bond acceptors (Lipinski definition) is 22. The van der Waals surface area contributed by atoms with Gasteiger partial charge in [0.25, 0.3) is 0 Å². The number of guanidine groups is 1. The fourth-order valence-electron chi connectivity index (χ4n) is 9.66. The highest BCUT2D eigenvalue weighted by Crippen LogP contribution is 2.21. The molecule has 2 rings (SSSR count). The zero-order valence-electron chi connectivity index (χ0n) is 51.8. The minimum Gasteiger partial charge on any atom is -0.389 e. The number of aliphatic hydroxyl groups excluding tert-OH is 2. The molecule has 1 fully saturated rings. The summed E-state index contributed by atoms with van der Waals surface area (Å²) in [6.45, 7) is 0.248. The second-order valence-electron chi connectivity index (χ2n) is 22.0. The first-order valence-corrected chi connectivity index (χ1v) is 31.1. The van der Waals surface area contributed by atoms with Crippen molar-refractivity contribution in [2.75, 3.05) is 72.0 Å². The number of hydrogen-bond donors (Lipinski definition) is 21. The Balaban J connectivity index is 2.35. The lowest BCUT2D eigenvalue weighted by molar-refractivity contribution is -0.142. The molecule has 10 atom stereocenters. The van der Waals surface area contributed by atoms with E-state index < -0.39 is 133 Å². The summed E-state index contributed by atoms with van der Waals surface area (Å²) in [5.74, 6) is -7.73. The zero-order chi connectivity index (χ0) is 67.0. The molecule has 0 unspecified atom stereocenters. The van der Waals surface area contributed by atoms with Crippen LogP contribution in [0.1, 0.15) is 121 Å². The number of carbonyl (C=O) groups is 10. The van der Waals surface area contributed by atoms with E-state index in [-0.39, 0.29) is 101 Å². The number of nitrogens with zero attached hydrogens (tertiary/aromatic N) is 3. The molecule has 1 saturated heterocycles. The minimum atomic E-state index is -1.83. The SMILES string of the molecule is NCCCCNC(=O)[C@H](CCCCN)NC(=O)/C(=C/CCN=C(N)N)CCC(=O)[C@@H](CCCCN)NC(=O)[C@H](Cc1cnc[nH]1)NC(=O)[C@@H]1CCCN1C(=O)[C@@H](CCCN)NC(=O)CNC(=O)[C@@H](NC(=O)[C@@H](NC(=O)[C@@H](N)CCCCN)[C@@H](O)CN)[C@@H](O)CN. The normalized spacial score (nSPS) is 16.1. The van der Waals surface area contributed by atoms with Crippen LogP contribution in [0, 0.1) is 0 Å². The van der Waals surface area contributed by atoms with Crippen LogP contribution in [-0.2, 0) is 54.4 Å². The third kappa shape index (κ3) is 29.6. The maximum absolute atomic E-state index is 14.5. The Hall–Kier alpha value is -7.28. The smallest absolute Gasteiger partial charge is 0.247 e. The monoisotopic (exact) mass is 1280 g/mol. The van der Waals surface area contributed by atoms with Gasteiger partial charge in [0.15, 0.2) is 11.7 Å². The molecule has 510 valence electrons. The number of aliphatic hydroxyl groups is 2. The van der Waals surface area contributed by atoms with E-state index in [1.807, 2.05) is 0 Å². The summed E-state index contributed by atoms with van der Waals surface area (Å²) in [6, 6.07) is -10.5. The van der Waals surface area contributed by atoms with E-state index in [2.05, 4.69) is 57.5 Å². The van der Waals surface area contributed by atoms with E-state index in [9.17, 15) is 58.2 Å². The number of nitrogens with one attached hydrogen (secondary N) is 9. The lowest BCUT2D eigenvalue weighted by Gasteiger charge is -2.30. The van der Waals surface area contributed by atoms with Crippen molar-refractivity contribution < 1.29 is 58.2 Å². The fourth-order valence-corrected chi connectivity index (χ4v) is 9.66. The summed E-state index contributed by atoms with van der Waals surface area (Å²) in [7, 11) is 0. The number of carbonyl (C=O) groups excluding carboxylic acids is 10. The van der Waals surface area contributed by atoms with Crippen molar-refractivity contribution in [1.82, 2.24) is 57.4 Å². The van der Waals surface area contributed by atoms with Crippen molar-refractivity contribution >= 4 is 64.9 Å². The van der Waals surface area contributed by atoms with Crippen LogP contribution in [-0.4, -0.2) is 223 Å². The molecular formula is C56H104N22O12. The third-order valence-electron chi connectivity index (χ3n) is 14.8. The van der Waals surface area contributed by atoms with E-state index in [0.29, 0.717) is 96.1 Å². The van der Waals surface area contributed by atoms with Gasteiger partial charge >= 0.3 is 0 Å². The molecule has 0 radical (unpaired) electrons. The van der Waals surface area contributed by atoms with Gasteiger partial charge in [0.2, 0.25) is 53.2 Å². The lowest BCUT2D eigenvalue weighted by Crippen LogP contribution is -2.63. The molecule has 31 N–H and O–H groups in total. The summed E-state index contributed by atoms with van der Waals surface area (Å²) < 4.78 is 0. The Labute approximate surface area is 525 Å². The highest BCUT2D eigenvalue weighted by atomic mass is 16.3. The Bertz CT molecular complexity index is 2430. The molecule has 0 bridgehead atoms. The van der Waals surface area contributed by atoms with E-state index >= 15 is 0 Å². The van der Waals surface area contributed by atoms with Crippen molar-refractivity contribution in [3.05, 3.63) is 29.9 Å². The maximum Gasteiger partial charge on any atom is 0.247 e. The topological polar surface area (TPSA) is 612 Å². The molecule has 0 spiro atoms. The number of imidazole rings is 1. The van der Waals surface area contributed by atoms with Gasteiger partial charge in [-0.2, -0.15) is 0 Å². The van der Waals surface area contributed by atoms with Crippen LogP contribution < -0.4 is 99.9 Å². The van der Waals surface area contributed by atoms with Crippen LogP contribution in [0.4, 0.5) is 0 Å². The number of amides is 9. The first-order valence-electron chi connectivity index (χ1n) is 31.1. The van der Waals surface area contributed by atoms with Crippen molar-refractivity contribution in [3.63, 3.8) is 0 Å². The number of unbranched alkanes of at least 4 members (excludes halogenated alkanes) is 4. The second kappa shape index (κ2) is 45.0. The number of aromatic nitrogens is 2. The van der Waals surface area contributed by atoms with Crippen LogP contribution in [0.5, 0.6) is 0 Å². The van der Waals surface area contributed by atoms with Crippen LogP contribution >= 0.6 is 0 Å². The molecule has 0 saturated carbocycles. The molecule has 34 nitrogen and oxygen atoms in total. The van der Waals surface area contributed by atoms with Gasteiger partial charge < -0.3 is 120 Å². The van der Waals surface area contributed by atoms with Gasteiger partial charge in [-0.15, -0.1) is 0 Å². The molecule has 1 aromatic heterocycles. The van der Waals surface area contributed by atoms with Gasteiger partial charge in [-0.25, -0.2) is 4.98 Å². The number of aliphatic imine (C=N–C) groups is 1. The van der Waals surface area contributed by atoms with Crippen molar-refractivity contribution in [1.29, 1.82) is 0 Å². The summed E-state index contributed by atoms with van der Waals surface area (Å²) >= 11 is 0. The van der Waals surface area contributed by atoms with Crippen molar-refractivity contribution in [3.8, 4) is 0 Å². The Kier molecular flexibility index (Phi) is 39.4. The molecular weight excluding hydrogens is 1170 g/mol. The average Bonchev–Trinajstić information content (AvgIpc) is 1.70. The average molecular weight is 1280 g/mol.